The molecule has 11 heteroatoms. The number of hydrogen-bond donors (Lipinski definition) is 3. The van der Waals surface area contributed by atoms with Crippen LogP contribution in [0.4, 0.5) is 23.7 Å². The minimum absolute atomic E-state index is 0.101. The van der Waals surface area contributed by atoms with E-state index in [1.165, 1.54) is 12.1 Å². The van der Waals surface area contributed by atoms with E-state index in [1.807, 2.05) is 11.8 Å². The van der Waals surface area contributed by atoms with Crippen molar-refractivity contribution >= 4 is 22.4 Å². The Morgan fingerprint density at radius 1 is 1.25 bits per heavy atom. The number of thiol groups is 1. The molecule has 0 spiro atoms. The van der Waals surface area contributed by atoms with E-state index in [0.29, 0.717) is 38.0 Å². The van der Waals surface area contributed by atoms with Crippen molar-refractivity contribution in [2.75, 3.05) is 18.4 Å². The number of urea groups is 1. The number of hydrogen-bond acceptors (Lipinski definition) is 5. The molecular formula is C17H24F3N3O4S. The first-order valence-electron chi connectivity index (χ1n) is 8.99. The van der Waals surface area contributed by atoms with Crippen LogP contribution in [0, 0.1) is 0 Å². The Morgan fingerprint density at radius 2 is 1.86 bits per heavy atom. The minimum atomic E-state index is -4.77. The first-order valence-corrected chi connectivity index (χ1v) is 10.2. The molecule has 2 N–H and O–H groups in total. The Morgan fingerprint density at radius 3 is 2.36 bits per heavy atom. The average molecular weight is 423 g/mol. The van der Waals surface area contributed by atoms with Gasteiger partial charge in [-0.1, -0.05) is 13.3 Å². The summed E-state index contributed by atoms with van der Waals surface area (Å²) in [5.74, 6) is -0.371. The molecule has 1 aromatic carbocycles. The number of rotatable bonds is 7. The summed E-state index contributed by atoms with van der Waals surface area (Å²) in [4.78, 5) is 14.0. The third-order valence-electron chi connectivity index (χ3n) is 4.42. The first kappa shape index (κ1) is 22.3. The van der Waals surface area contributed by atoms with E-state index in [0.717, 1.165) is 18.6 Å². The number of carbonyl (C=O) groups is 1. The fourth-order valence-electron chi connectivity index (χ4n) is 3.11. The van der Waals surface area contributed by atoms with Gasteiger partial charge >= 0.3 is 12.4 Å². The zero-order chi connectivity index (χ0) is 20.7. The highest BCUT2D eigenvalue weighted by Gasteiger charge is 2.31. The highest BCUT2D eigenvalue weighted by Crippen LogP contribution is 2.24. The van der Waals surface area contributed by atoms with Crippen molar-refractivity contribution < 1.29 is 31.1 Å². The molecule has 1 aliphatic rings. The quantitative estimate of drug-likeness (QED) is 0.587. The molecule has 2 rings (SSSR count). The fraction of sp³-hybridized carbons (Fsp3) is 0.588. The van der Waals surface area contributed by atoms with Crippen LogP contribution < -0.4 is 15.4 Å². The van der Waals surface area contributed by atoms with Crippen LogP contribution in [-0.4, -0.2) is 50.2 Å². The van der Waals surface area contributed by atoms with Crippen LogP contribution in [0.1, 0.15) is 32.6 Å². The van der Waals surface area contributed by atoms with Gasteiger partial charge in [-0.2, -0.15) is 0 Å². The molecule has 0 aliphatic carbocycles. The second-order valence-corrected chi connectivity index (χ2v) is 7.70. The van der Waals surface area contributed by atoms with Crippen LogP contribution in [0.2, 0.25) is 0 Å². The summed E-state index contributed by atoms with van der Waals surface area (Å²) < 4.78 is 63.0. The van der Waals surface area contributed by atoms with Gasteiger partial charge in [-0.05, 0) is 43.5 Å². The Kier molecular flexibility index (Phi) is 7.93. The number of carbonyl (C=O) groups excluding carboxylic acids is 1. The lowest BCUT2D eigenvalue weighted by Crippen LogP contribution is -2.49. The molecule has 1 heterocycles. The SMILES string of the molecule is CCCC(N1CCC(NC(=O)Nc2ccc(OC(F)(F)F)cc2)CC1)[SH](=O)=O. The van der Waals surface area contributed by atoms with E-state index in [1.54, 1.807) is 0 Å². The molecule has 1 saturated heterocycles. The molecule has 1 atom stereocenters. The van der Waals surface area contributed by atoms with Crippen molar-refractivity contribution in [1.82, 2.24) is 10.2 Å². The molecule has 1 fully saturated rings. The summed E-state index contributed by atoms with van der Waals surface area (Å²) in [6, 6.07) is 4.27. The lowest BCUT2D eigenvalue weighted by Gasteiger charge is -2.35. The summed E-state index contributed by atoms with van der Waals surface area (Å²) >= 11 is 0. The standard InChI is InChI=1S/C17H24F3N3O4S/c1-2-3-15(28(25)26)23-10-8-13(9-11-23)22-16(24)21-12-4-6-14(7-5-12)27-17(18,19)20/h4-7,13,15,28H,2-3,8-11H2,1H3,(H2,21,22,24). The lowest BCUT2D eigenvalue weighted by atomic mass is 10.0. The van der Waals surface area contributed by atoms with Crippen LogP contribution >= 0.6 is 0 Å². The maximum atomic E-state index is 12.1. The lowest BCUT2D eigenvalue weighted by molar-refractivity contribution is -0.274. The van der Waals surface area contributed by atoms with Crippen molar-refractivity contribution in [2.24, 2.45) is 0 Å². The molecule has 7 nitrogen and oxygen atoms in total. The summed E-state index contributed by atoms with van der Waals surface area (Å²) in [5.41, 5.74) is 0.329. The minimum Gasteiger partial charge on any atom is -0.406 e. The summed E-state index contributed by atoms with van der Waals surface area (Å²) in [6.07, 6.45) is -2.16. The van der Waals surface area contributed by atoms with E-state index in [-0.39, 0.29) is 11.8 Å². The number of likely N-dealkylation sites (tertiary alicyclic amines) is 1. The monoisotopic (exact) mass is 423 g/mol. The summed E-state index contributed by atoms with van der Waals surface area (Å²) in [6.45, 7) is 3.08. The molecule has 158 valence electrons. The van der Waals surface area contributed by atoms with Gasteiger partial charge < -0.3 is 15.4 Å². The Hall–Kier alpha value is -2.01. The maximum absolute atomic E-state index is 12.1. The van der Waals surface area contributed by atoms with Gasteiger partial charge in [0, 0.05) is 24.8 Å². The zero-order valence-corrected chi connectivity index (χ0v) is 16.3. The van der Waals surface area contributed by atoms with Gasteiger partial charge in [0.1, 0.15) is 11.1 Å². The number of piperidine rings is 1. The average Bonchev–Trinajstić information content (AvgIpc) is 2.61. The molecule has 0 radical (unpaired) electrons. The second kappa shape index (κ2) is 9.97. The number of benzene rings is 1. The number of alkyl halides is 3. The summed E-state index contributed by atoms with van der Waals surface area (Å²) in [7, 11) is -2.52. The van der Waals surface area contributed by atoms with E-state index in [2.05, 4.69) is 15.4 Å². The number of amides is 2. The van der Waals surface area contributed by atoms with Gasteiger partial charge in [0.15, 0.2) is 10.7 Å². The van der Waals surface area contributed by atoms with Crippen LogP contribution in [0.15, 0.2) is 24.3 Å². The molecular weight excluding hydrogens is 399 g/mol. The topological polar surface area (TPSA) is 87.7 Å². The van der Waals surface area contributed by atoms with Crippen LogP contribution in [0.5, 0.6) is 5.75 Å². The van der Waals surface area contributed by atoms with Gasteiger partial charge in [-0.15, -0.1) is 13.2 Å². The van der Waals surface area contributed by atoms with Crippen molar-refractivity contribution in [2.45, 2.75) is 50.4 Å². The van der Waals surface area contributed by atoms with Gasteiger partial charge in [0.25, 0.3) is 0 Å². The maximum Gasteiger partial charge on any atom is 0.573 e. The number of anilines is 1. The normalized spacial score (nSPS) is 17.3. The summed E-state index contributed by atoms with van der Waals surface area (Å²) in [5, 5.41) is 4.89. The van der Waals surface area contributed by atoms with Crippen LogP contribution in [-0.2, 0) is 10.7 Å². The predicted molar refractivity (Wildman–Crippen MR) is 98.9 cm³/mol. The Bertz CT molecular complexity index is 709. The first-order chi connectivity index (χ1) is 13.2. The third kappa shape index (κ3) is 7.19. The van der Waals surface area contributed by atoms with Gasteiger partial charge in [-0.3, -0.25) is 4.90 Å². The van der Waals surface area contributed by atoms with E-state index in [9.17, 15) is 26.4 Å². The van der Waals surface area contributed by atoms with Crippen molar-refractivity contribution in [3.8, 4) is 5.75 Å². The molecule has 0 saturated carbocycles. The highest BCUT2D eigenvalue weighted by molar-refractivity contribution is 7.73. The molecule has 0 bridgehead atoms. The fourth-order valence-corrected chi connectivity index (χ4v) is 4.08. The van der Waals surface area contributed by atoms with Gasteiger partial charge in [-0.25, -0.2) is 13.2 Å². The van der Waals surface area contributed by atoms with Gasteiger partial charge in [0.2, 0.25) is 0 Å². The van der Waals surface area contributed by atoms with Crippen molar-refractivity contribution in [1.29, 1.82) is 0 Å². The zero-order valence-electron chi connectivity index (χ0n) is 15.4. The largest absolute Gasteiger partial charge is 0.573 e. The highest BCUT2D eigenvalue weighted by atomic mass is 32.2. The predicted octanol–water partition coefficient (Wildman–Crippen LogP) is 2.91. The molecule has 2 amide bonds. The molecule has 0 aromatic heterocycles. The van der Waals surface area contributed by atoms with E-state index >= 15 is 0 Å². The molecule has 28 heavy (non-hydrogen) atoms. The number of ether oxygens (including phenoxy) is 1. The molecule has 1 aromatic rings. The number of nitrogens with one attached hydrogen (secondary N) is 2. The van der Waals surface area contributed by atoms with Crippen molar-refractivity contribution in [3.63, 3.8) is 0 Å². The molecule has 1 aliphatic heterocycles. The van der Waals surface area contributed by atoms with Crippen LogP contribution in [0.25, 0.3) is 0 Å². The molecule has 1 unspecified atom stereocenters. The second-order valence-electron chi connectivity index (χ2n) is 6.54. The van der Waals surface area contributed by atoms with Crippen molar-refractivity contribution in [3.05, 3.63) is 24.3 Å². The van der Waals surface area contributed by atoms with E-state index in [4.69, 9.17) is 0 Å². The Labute approximate surface area is 163 Å². The van der Waals surface area contributed by atoms with E-state index < -0.39 is 28.5 Å². The smallest absolute Gasteiger partial charge is 0.406 e. The van der Waals surface area contributed by atoms with Gasteiger partial charge in [0.05, 0.1) is 0 Å². The number of nitrogens with zero attached hydrogens (tertiary/aromatic N) is 1. The number of halogens is 3. The van der Waals surface area contributed by atoms with Crippen LogP contribution in [0.3, 0.4) is 0 Å². The Balaban J connectivity index is 1.80. The third-order valence-corrected chi connectivity index (χ3v) is 5.49.